The van der Waals surface area contributed by atoms with E-state index in [1.165, 1.54) is 0 Å². The van der Waals surface area contributed by atoms with E-state index in [4.69, 9.17) is 33.7 Å². The molecule has 0 spiro atoms. The molecule has 118 valence electrons. The van der Waals surface area contributed by atoms with E-state index in [9.17, 15) is 4.79 Å². The summed E-state index contributed by atoms with van der Waals surface area (Å²) >= 11 is 12.2. The van der Waals surface area contributed by atoms with Crippen molar-refractivity contribution < 1.29 is 9.53 Å². The van der Waals surface area contributed by atoms with E-state index < -0.39 is 6.10 Å². The summed E-state index contributed by atoms with van der Waals surface area (Å²) in [6.07, 6.45) is 1.12. The van der Waals surface area contributed by atoms with Gasteiger partial charge < -0.3 is 15.4 Å². The van der Waals surface area contributed by atoms with Crippen LogP contribution in [0.1, 0.15) is 18.4 Å². The number of hydrogen-bond acceptors (Lipinski definition) is 3. The summed E-state index contributed by atoms with van der Waals surface area (Å²) in [5.41, 5.74) is 6.30. The van der Waals surface area contributed by atoms with Crippen LogP contribution in [0.2, 0.25) is 10.0 Å². The van der Waals surface area contributed by atoms with Crippen molar-refractivity contribution in [2.75, 3.05) is 13.6 Å². The van der Waals surface area contributed by atoms with E-state index in [1.54, 1.807) is 30.1 Å². The predicted molar refractivity (Wildman–Crippen MR) is 87.1 cm³/mol. The maximum atomic E-state index is 12.3. The first kappa shape index (κ1) is 18.5. The summed E-state index contributed by atoms with van der Waals surface area (Å²) in [4.78, 5) is 13.9. The molecular formula is C14H19Cl3N2O2. The van der Waals surface area contributed by atoms with Crippen LogP contribution in [0.3, 0.4) is 0 Å². The third-order valence-electron chi connectivity index (χ3n) is 3.48. The molecule has 2 rings (SSSR count). The number of halogens is 3. The second kappa shape index (κ2) is 8.20. The summed E-state index contributed by atoms with van der Waals surface area (Å²) in [5, 5.41) is 1.12. The lowest BCUT2D eigenvalue weighted by Crippen LogP contribution is -2.36. The van der Waals surface area contributed by atoms with E-state index in [0.29, 0.717) is 29.6 Å². The topological polar surface area (TPSA) is 55.6 Å². The second-order valence-corrected chi connectivity index (χ2v) is 5.77. The molecule has 0 radical (unpaired) electrons. The number of likely N-dealkylation sites (N-methyl/N-ethyl adjacent to an activating group) is 1. The highest BCUT2D eigenvalue weighted by molar-refractivity contribution is 6.36. The van der Waals surface area contributed by atoms with Crippen LogP contribution in [-0.2, 0) is 16.1 Å². The highest BCUT2D eigenvalue weighted by Crippen LogP contribution is 2.26. The van der Waals surface area contributed by atoms with E-state index >= 15 is 0 Å². The lowest BCUT2D eigenvalue weighted by molar-refractivity contribution is -0.141. The van der Waals surface area contributed by atoms with Crippen LogP contribution >= 0.6 is 35.6 Å². The third kappa shape index (κ3) is 4.47. The van der Waals surface area contributed by atoms with Crippen LogP contribution in [0.5, 0.6) is 0 Å². The maximum absolute atomic E-state index is 12.3. The lowest BCUT2D eigenvalue weighted by Gasteiger charge is -2.22. The summed E-state index contributed by atoms with van der Waals surface area (Å²) in [6.45, 7) is 0.814. The molecule has 0 aliphatic carbocycles. The maximum Gasteiger partial charge on any atom is 0.251 e. The van der Waals surface area contributed by atoms with Crippen LogP contribution in [0.15, 0.2) is 18.2 Å². The number of benzene rings is 1. The molecular weight excluding hydrogens is 335 g/mol. The molecule has 1 aromatic rings. The zero-order valence-corrected chi connectivity index (χ0v) is 14.0. The molecule has 0 unspecified atom stereocenters. The highest BCUT2D eigenvalue weighted by Gasteiger charge is 2.32. The minimum atomic E-state index is -0.408. The van der Waals surface area contributed by atoms with Gasteiger partial charge in [-0.2, -0.15) is 0 Å². The zero-order valence-electron chi connectivity index (χ0n) is 11.7. The number of hydrogen-bond donors (Lipinski definition) is 1. The molecule has 1 fully saturated rings. The molecule has 1 aromatic carbocycles. The largest absolute Gasteiger partial charge is 0.364 e. The normalized spacial score (nSPS) is 21.0. The van der Waals surface area contributed by atoms with Crippen molar-refractivity contribution in [2.24, 2.45) is 5.73 Å². The molecule has 0 saturated carbocycles. The zero-order chi connectivity index (χ0) is 14.7. The molecule has 1 heterocycles. The minimum Gasteiger partial charge on any atom is -0.364 e. The van der Waals surface area contributed by atoms with Gasteiger partial charge in [0.15, 0.2) is 0 Å². The molecule has 1 saturated heterocycles. The number of nitrogens with two attached hydrogens (primary N) is 1. The molecule has 4 nitrogen and oxygen atoms in total. The van der Waals surface area contributed by atoms with Crippen molar-refractivity contribution in [3.05, 3.63) is 33.8 Å². The Morgan fingerprint density at radius 2 is 2.00 bits per heavy atom. The van der Waals surface area contributed by atoms with Gasteiger partial charge in [-0.3, -0.25) is 4.79 Å². The van der Waals surface area contributed by atoms with Gasteiger partial charge >= 0.3 is 0 Å². The number of carbonyl (C=O) groups excluding carboxylic acids is 1. The van der Waals surface area contributed by atoms with Gasteiger partial charge in [0.05, 0.1) is 6.10 Å². The van der Waals surface area contributed by atoms with Crippen molar-refractivity contribution in [1.29, 1.82) is 0 Å². The summed E-state index contributed by atoms with van der Waals surface area (Å²) in [7, 11) is 1.72. The Hall–Kier alpha value is -0.520. The number of amides is 1. The fraction of sp³-hybridized carbons (Fsp3) is 0.500. The van der Waals surface area contributed by atoms with Crippen molar-refractivity contribution in [1.82, 2.24) is 4.90 Å². The van der Waals surface area contributed by atoms with E-state index in [0.717, 1.165) is 12.0 Å². The fourth-order valence-corrected chi connectivity index (χ4v) is 2.82. The van der Waals surface area contributed by atoms with Gasteiger partial charge in [-0.15, -0.1) is 12.4 Å². The number of nitrogens with zero attached hydrogens (tertiary/aromatic N) is 1. The Kier molecular flexibility index (Phi) is 7.24. The van der Waals surface area contributed by atoms with Crippen LogP contribution in [-0.4, -0.2) is 36.6 Å². The fourth-order valence-electron chi connectivity index (χ4n) is 2.31. The summed E-state index contributed by atoms with van der Waals surface area (Å²) < 4.78 is 5.61. The van der Waals surface area contributed by atoms with Gasteiger partial charge in [-0.25, -0.2) is 0 Å². The molecule has 2 atom stereocenters. The standard InChI is InChI=1S/C14H18Cl2N2O2.ClH/c1-18(8-10-11(15)3-2-4-12(10)16)14(19)13-6-5-9(7-17)20-13;/h2-4,9,13H,5-8,17H2,1H3;1H/t9-,13+;/m1./s1. The van der Waals surface area contributed by atoms with Crippen LogP contribution in [0.25, 0.3) is 0 Å². The van der Waals surface area contributed by atoms with Crippen LogP contribution in [0, 0.1) is 0 Å². The first-order chi connectivity index (χ1) is 9.52. The lowest BCUT2D eigenvalue weighted by atomic mass is 10.1. The number of rotatable bonds is 4. The van der Waals surface area contributed by atoms with Gasteiger partial charge in [-0.1, -0.05) is 29.3 Å². The number of ether oxygens (including phenoxy) is 1. The van der Waals surface area contributed by atoms with Crippen molar-refractivity contribution in [3.63, 3.8) is 0 Å². The van der Waals surface area contributed by atoms with E-state index in [-0.39, 0.29) is 24.4 Å². The van der Waals surface area contributed by atoms with Gasteiger partial charge in [-0.05, 0) is 25.0 Å². The summed E-state index contributed by atoms with van der Waals surface area (Å²) in [6, 6.07) is 5.30. The van der Waals surface area contributed by atoms with Crippen LogP contribution in [0.4, 0.5) is 0 Å². The average molecular weight is 354 g/mol. The minimum absolute atomic E-state index is 0. The predicted octanol–water partition coefficient (Wildman–Crippen LogP) is 2.88. The van der Waals surface area contributed by atoms with Crippen molar-refractivity contribution >= 4 is 41.5 Å². The smallest absolute Gasteiger partial charge is 0.251 e. The van der Waals surface area contributed by atoms with Gasteiger partial charge in [0.1, 0.15) is 6.10 Å². The SMILES string of the molecule is CN(Cc1c(Cl)cccc1Cl)C(=O)[C@@H]1CC[C@H](CN)O1.Cl. The Morgan fingerprint density at radius 1 is 1.38 bits per heavy atom. The van der Waals surface area contributed by atoms with E-state index in [1.807, 2.05) is 0 Å². The highest BCUT2D eigenvalue weighted by atomic mass is 35.5. The Morgan fingerprint density at radius 3 is 2.52 bits per heavy atom. The first-order valence-electron chi connectivity index (χ1n) is 6.56. The second-order valence-electron chi connectivity index (χ2n) is 4.95. The van der Waals surface area contributed by atoms with Gasteiger partial charge in [0, 0.05) is 35.7 Å². The molecule has 7 heteroatoms. The molecule has 1 amide bonds. The van der Waals surface area contributed by atoms with Crippen molar-refractivity contribution in [3.8, 4) is 0 Å². The average Bonchev–Trinajstić information content (AvgIpc) is 2.90. The first-order valence-corrected chi connectivity index (χ1v) is 7.32. The molecule has 21 heavy (non-hydrogen) atoms. The molecule has 1 aliphatic heterocycles. The quantitative estimate of drug-likeness (QED) is 0.905. The van der Waals surface area contributed by atoms with Gasteiger partial charge in [0.2, 0.25) is 0 Å². The Balaban J connectivity index is 0.00000220. The monoisotopic (exact) mass is 352 g/mol. The number of carbonyl (C=O) groups is 1. The van der Waals surface area contributed by atoms with Crippen LogP contribution < -0.4 is 5.73 Å². The van der Waals surface area contributed by atoms with Gasteiger partial charge in [0.25, 0.3) is 5.91 Å². The molecule has 0 bridgehead atoms. The Bertz CT molecular complexity index is 479. The van der Waals surface area contributed by atoms with Crippen molar-refractivity contribution in [2.45, 2.75) is 31.6 Å². The Labute approximate surface area is 140 Å². The third-order valence-corrected chi connectivity index (χ3v) is 4.19. The summed E-state index contributed by atoms with van der Waals surface area (Å²) in [5.74, 6) is -0.0584. The molecule has 1 aliphatic rings. The molecule has 2 N–H and O–H groups in total. The van der Waals surface area contributed by atoms with E-state index in [2.05, 4.69) is 0 Å². The molecule has 0 aromatic heterocycles.